The first-order valence-corrected chi connectivity index (χ1v) is 10.1. The Morgan fingerprint density at radius 2 is 1.81 bits per heavy atom. The monoisotopic (exact) mass is 475 g/mol. The van der Waals surface area contributed by atoms with Crippen LogP contribution < -0.4 is 14.2 Å². The van der Waals surface area contributed by atoms with Crippen molar-refractivity contribution in [3.63, 3.8) is 0 Å². The Hall–Kier alpha value is -3.64. The van der Waals surface area contributed by atoms with E-state index in [-0.39, 0.29) is 21.3 Å². The zero-order valence-corrected chi connectivity index (χ0v) is 18.7. The number of thioether (sulfide) groups is 1. The minimum absolute atomic E-state index is 0.0712. The first-order valence-electron chi connectivity index (χ1n) is 8.88. The molecule has 0 bridgehead atoms. The number of hydrazone groups is 1. The van der Waals surface area contributed by atoms with Gasteiger partial charge in [0.05, 0.1) is 37.4 Å². The quantitative estimate of drug-likeness (QED) is 0.210. The van der Waals surface area contributed by atoms with Crippen LogP contribution in [0, 0.1) is 10.1 Å². The third-order valence-corrected chi connectivity index (χ3v) is 5.58. The van der Waals surface area contributed by atoms with Gasteiger partial charge in [0.25, 0.3) is 11.6 Å². The Morgan fingerprint density at radius 1 is 1.16 bits per heavy atom. The molecule has 1 heterocycles. The minimum atomic E-state index is -0.601. The van der Waals surface area contributed by atoms with Crippen LogP contribution in [0.3, 0.4) is 0 Å². The van der Waals surface area contributed by atoms with Crippen molar-refractivity contribution < 1.29 is 29.0 Å². The molecule has 32 heavy (non-hydrogen) atoms. The summed E-state index contributed by atoms with van der Waals surface area (Å²) in [6.45, 7) is 0. The molecule has 1 aliphatic heterocycles. The molecule has 10 nitrogen and oxygen atoms in total. The van der Waals surface area contributed by atoms with Crippen molar-refractivity contribution in [2.75, 3.05) is 21.3 Å². The Balaban J connectivity index is 1.90. The number of ether oxygens (including phenoxy) is 3. The summed E-state index contributed by atoms with van der Waals surface area (Å²) >= 11 is 6.27. The number of nitro groups is 1. The molecule has 12 heteroatoms. The number of nitro benzene ring substituents is 1. The van der Waals surface area contributed by atoms with Gasteiger partial charge in [-0.05, 0) is 42.1 Å². The number of thiocarbonyl (C=S) groups is 1. The Labute approximate surface area is 192 Å². The normalized spacial score (nSPS) is 15.0. The van der Waals surface area contributed by atoms with Gasteiger partial charge in [0, 0.05) is 17.7 Å². The van der Waals surface area contributed by atoms with E-state index in [1.807, 2.05) is 0 Å². The first-order chi connectivity index (χ1) is 15.3. The molecule has 2 aromatic rings. The number of nitrogens with zero attached hydrogens (tertiary/aromatic N) is 3. The van der Waals surface area contributed by atoms with Crippen LogP contribution in [-0.4, -0.2) is 52.8 Å². The molecule has 0 atom stereocenters. The second-order valence-electron chi connectivity index (χ2n) is 6.20. The second-order valence-corrected chi connectivity index (χ2v) is 7.87. The zero-order chi connectivity index (χ0) is 23.4. The van der Waals surface area contributed by atoms with Crippen molar-refractivity contribution >= 4 is 52.2 Å². The van der Waals surface area contributed by atoms with E-state index in [4.69, 9.17) is 26.4 Å². The highest BCUT2D eigenvalue weighted by Gasteiger charge is 2.32. The molecule has 0 saturated carbocycles. The first kappa shape index (κ1) is 23.0. The Bertz CT molecular complexity index is 1140. The molecule has 1 aliphatic rings. The summed E-state index contributed by atoms with van der Waals surface area (Å²) in [5.74, 6) is 0.550. The Morgan fingerprint density at radius 3 is 2.38 bits per heavy atom. The third-order valence-electron chi connectivity index (χ3n) is 4.29. The van der Waals surface area contributed by atoms with Crippen LogP contribution in [0.1, 0.15) is 11.1 Å². The number of amides is 1. The van der Waals surface area contributed by atoms with E-state index in [1.54, 1.807) is 18.2 Å². The largest absolute Gasteiger partial charge is 0.507 e. The standard InChI is InChI=1S/C20H17N3O7S2/c1-28-15-6-11(7-16(29-2)18(15)30-3)8-17-19(25)22(20(31)32-17)21-10-12-9-13(23(26)27)4-5-14(12)24/h4-10,24H,1-3H3. The van der Waals surface area contributed by atoms with Crippen LogP contribution in [0.5, 0.6) is 23.0 Å². The molecular formula is C20H17N3O7S2. The van der Waals surface area contributed by atoms with Gasteiger partial charge in [-0.25, -0.2) is 0 Å². The Kier molecular flexibility index (Phi) is 6.95. The second kappa shape index (κ2) is 9.66. The van der Waals surface area contributed by atoms with Gasteiger partial charge in [-0.2, -0.15) is 10.1 Å². The molecule has 1 fully saturated rings. The number of hydrogen-bond donors (Lipinski definition) is 1. The molecule has 0 unspecified atom stereocenters. The summed E-state index contributed by atoms with van der Waals surface area (Å²) in [6.07, 6.45) is 2.74. The number of methoxy groups -OCH3 is 3. The van der Waals surface area contributed by atoms with Crippen LogP contribution in [0.4, 0.5) is 5.69 Å². The van der Waals surface area contributed by atoms with E-state index in [1.165, 1.54) is 27.4 Å². The van der Waals surface area contributed by atoms with Gasteiger partial charge in [0.1, 0.15) is 5.75 Å². The fourth-order valence-electron chi connectivity index (χ4n) is 2.77. The average Bonchev–Trinajstić information content (AvgIpc) is 3.04. The summed E-state index contributed by atoms with van der Waals surface area (Å²) in [4.78, 5) is 23.4. The predicted octanol–water partition coefficient (Wildman–Crippen LogP) is 3.56. The van der Waals surface area contributed by atoms with Gasteiger partial charge < -0.3 is 19.3 Å². The number of benzene rings is 2. The highest BCUT2D eigenvalue weighted by atomic mass is 32.2. The molecule has 1 N–H and O–H groups in total. The maximum atomic E-state index is 12.8. The van der Waals surface area contributed by atoms with E-state index in [0.29, 0.717) is 27.7 Å². The summed E-state index contributed by atoms with van der Waals surface area (Å²) in [5, 5.41) is 25.8. The van der Waals surface area contributed by atoms with Gasteiger partial charge in [0.2, 0.25) is 5.75 Å². The SMILES string of the molecule is COc1cc(C=C2SC(=S)N(N=Cc3cc([N+](=O)[O-])ccc3O)C2=O)cc(OC)c1OC. The number of carbonyl (C=O) groups excluding carboxylic acids is 1. The van der Waals surface area contributed by atoms with Crippen LogP contribution in [0.25, 0.3) is 6.08 Å². The highest BCUT2D eigenvalue weighted by Crippen LogP contribution is 2.40. The lowest BCUT2D eigenvalue weighted by molar-refractivity contribution is -0.384. The van der Waals surface area contributed by atoms with E-state index in [2.05, 4.69) is 5.10 Å². The molecule has 1 saturated heterocycles. The van der Waals surface area contributed by atoms with Crippen LogP contribution in [0.2, 0.25) is 0 Å². The molecule has 2 aromatic carbocycles. The number of rotatable bonds is 7. The minimum Gasteiger partial charge on any atom is -0.507 e. The summed E-state index contributed by atoms with van der Waals surface area (Å²) < 4.78 is 16.1. The highest BCUT2D eigenvalue weighted by molar-refractivity contribution is 8.26. The van der Waals surface area contributed by atoms with Crippen LogP contribution in [-0.2, 0) is 4.79 Å². The molecule has 0 aliphatic carbocycles. The van der Waals surface area contributed by atoms with Gasteiger partial charge >= 0.3 is 0 Å². The number of carbonyl (C=O) groups is 1. The molecule has 166 valence electrons. The number of aromatic hydroxyl groups is 1. The number of phenolic OH excluding ortho intramolecular Hbond substituents is 1. The molecule has 1 amide bonds. The van der Waals surface area contributed by atoms with E-state index >= 15 is 0 Å². The predicted molar refractivity (Wildman–Crippen MR) is 123 cm³/mol. The maximum absolute atomic E-state index is 12.8. The lowest BCUT2D eigenvalue weighted by atomic mass is 10.1. The number of hydrogen-bond acceptors (Lipinski definition) is 10. The fraction of sp³-hybridized carbons (Fsp3) is 0.150. The third kappa shape index (κ3) is 4.65. The van der Waals surface area contributed by atoms with E-state index in [9.17, 15) is 20.0 Å². The molecule has 0 radical (unpaired) electrons. The van der Waals surface area contributed by atoms with Crippen molar-refractivity contribution in [2.24, 2.45) is 5.10 Å². The fourth-order valence-corrected chi connectivity index (χ4v) is 3.95. The molecule has 0 aromatic heterocycles. The van der Waals surface area contributed by atoms with Crippen LogP contribution in [0.15, 0.2) is 40.3 Å². The summed E-state index contributed by atoms with van der Waals surface area (Å²) in [5.41, 5.74) is 0.458. The van der Waals surface area contributed by atoms with Gasteiger partial charge in [-0.3, -0.25) is 14.9 Å². The molecule has 0 spiro atoms. The zero-order valence-electron chi connectivity index (χ0n) is 17.1. The van der Waals surface area contributed by atoms with E-state index in [0.717, 1.165) is 35.1 Å². The van der Waals surface area contributed by atoms with Crippen molar-refractivity contribution in [3.05, 3.63) is 56.5 Å². The number of non-ortho nitro benzene ring substituents is 1. The van der Waals surface area contributed by atoms with Gasteiger partial charge in [-0.15, -0.1) is 0 Å². The van der Waals surface area contributed by atoms with Crippen LogP contribution >= 0.6 is 24.0 Å². The number of phenols is 1. The lowest BCUT2D eigenvalue weighted by Gasteiger charge is -2.13. The summed E-state index contributed by atoms with van der Waals surface area (Å²) in [7, 11) is 4.46. The lowest BCUT2D eigenvalue weighted by Crippen LogP contribution is -2.22. The molecular weight excluding hydrogens is 458 g/mol. The van der Waals surface area contributed by atoms with E-state index < -0.39 is 10.8 Å². The van der Waals surface area contributed by atoms with Gasteiger partial charge in [-0.1, -0.05) is 11.8 Å². The van der Waals surface area contributed by atoms with Crippen molar-refractivity contribution in [1.82, 2.24) is 5.01 Å². The van der Waals surface area contributed by atoms with Crippen molar-refractivity contribution in [3.8, 4) is 23.0 Å². The topological polar surface area (TPSA) is 124 Å². The average molecular weight is 476 g/mol. The smallest absolute Gasteiger partial charge is 0.286 e. The van der Waals surface area contributed by atoms with Crippen molar-refractivity contribution in [2.45, 2.75) is 0 Å². The van der Waals surface area contributed by atoms with Crippen molar-refractivity contribution in [1.29, 1.82) is 0 Å². The molecule has 3 rings (SSSR count). The maximum Gasteiger partial charge on any atom is 0.286 e. The van der Waals surface area contributed by atoms with Gasteiger partial charge in [0.15, 0.2) is 15.8 Å². The summed E-state index contributed by atoms with van der Waals surface area (Å²) in [6, 6.07) is 6.83.